The average Bonchev–Trinajstić information content (AvgIpc) is 3.10. The highest BCUT2D eigenvalue weighted by molar-refractivity contribution is 5.89. The number of hydrogen-bond donors (Lipinski definition) is 0. The van der Waals surface area contributed by atoms with E-state index in [1.807, 2.05) is 48.3 Å². The second-order valence-corrected chi connectivity index (χ2v) is 7.57. The minimum Gasteiger partial charge on any atom is -0.349 e. The Kier molecular flexibility index (Phi) is 4.89. The number of amides is 1. The molecule has 0 N–H and O–H groups in total. The predicted octanol–water partition coefficient (Wildman–Crippen LogP) is 4.24. The molecule has 4 aromatic rings. The lowest BCUT2D eigenvalue weighted by atomic mass is 10.0. The Bertz CT molecular complexity index is 1190. The molecule has 2 heterocycles. The zero-order chi connectivity index (χ0) is 20.5. The number of aryl methyl sites for hydroxylation is 2. The van der Waals surface area contributed by atoms with Crippen LogP contribution in [0.5, 0.6) is 0 Å². The predicted molar refractivity (Wildman–Crippen MR) is 117 cm³/mol. The number of pyridine rings is 1. The van der Waals surface area contributed by atoms with Gasteiger partial charge in [-0.25, -0.2) is 4.98 Å². The summed E-state index contributed by atoms with van der Waals surface area (Å²) in [5, 5.41) is 5.74. The average molecular weight is 384 g/mol. The van der Waals surface area contributed by atoms with E-state index in [1.54, 1.807) is 19.0 Å². The molecule has 0 fully saturated rings. The van der Waals surface area contributed by atoms with Crippen LogP contribution in [0.1, 0.15) is 11.1 Å². The van der Waals surface area contributed by atoms with Crippen LogP contribution < -0.4 is 0 Å². The molecule has 29 heavy (non-hydrogen) atoms. The van der Waals surface area contributed by atoms with E-state index < -0.39 is 0 Å². The summed E-state index contributed by atoms with van der Waals surface area (Å²) in [7, 11) is 5.49. The molecule has 5 nitrogen and oxygen atoms in total. The molecule has 2 aromatic heterocycles. The fourth-order valence-electron chi connectivity index (χ4n) is 3.51. The number of aromatic nitrogens is 3. The molecule has 0 aliphatic heterocycles. The maximum absolute atomic E-state index is 12.0. The van der Waals surface area contributed by atoms with Gasteiger partial charge in [0.25, 0.3) is 0 Å². The third-order valence-corrected chi connectivity index (χ3v) is 5.09. The number of benzene rings is 2. The molecule has 0 aliphatic carbocycles. The van der Waals surface area contributed by atoms with Crippen molar-refractivity contribution in [3.05, 3.63) is 71.9 Å². The summed E-state index contributed by atoms with van der Waals surface area (Å²) < 4.78 is 1.83. The van der Waals surface area contributed by atoms with Gasteiger partial charge in [0.05, 0.1) is 17.6 Å². The maximum Gasteiger partial charge on any atom is 0.226 e. The van der Waals surface area contributed by atoms with Crippen LogP contribution in [0.15, 0.2) is 60.8 Å². The van der Waals surface area contributed by atoms with Crippen LogP contribution in [0.2, 0.25) is 0 Å². The van der Waals surface area contributed by atoms with Gasteiger partial charge in [-0.3, -0.25) is 9.48 Å². The molecule has 1 amide bonds. The van der Waals surface area contributed by atoms with Gasteiger partial charge in [-0.15, -0.1) is 0 Å². The van der Waals surface area contributed by atoms with Gasteiger partial charge in [-0.1, -0.05) is 36.4 Å². The first-order valence-electron chi connectivity index (χ1n) is 9.62. The highest BCUT2D eigenvalue weighted by atomic mass is 16.2. The van der Waals surface area contributed by atoms with Crippen LogP contribution in [0.4, 0.5) is 0 Å². The highest BCUT2D eigenvalue weighted by Gasteiger charge is 2.15. The molecule has 0 radical (unpaired) electrons. The van der Waals surface area contributed by atoms with E-state index in [4.69, 9.17) is 4.98 Å². The summed E-state index contributed by atoms with van der Waals surface area (Å²) in [4.78, 5) is 18.6. The van der Waals surface area contributed by atoms with Crippen molar-refractivity contribution in [2.75, 3.05) is 14.1 Å². The summed E-state index contributed by atoms with van der Waals surface area (Å²) in [5.74, 6) is 0.0921. The van der Waals surface area contributed by atoms with Crippen molar-refractivity contribution in [3.63, 3.8) is 0 Å². The van der Waals surface area contributed by atoms with Crippen molar-refractivity contribution < 1.29 is 4.79 Å². The quantitative estimate of drug-likeness (QED) is 0.529. The standard InChI is InChI=1S/C24H24N4O/c1-16-12-22(20-15-28(4)26-24(20)18-8-6-5-7-9-18)25-21-11-10-17(13-19(16)21)14-23(29)27(2)3/h5-13,15H,14H2,1-4H3. The van der Waals surface area contributed by atoms with Crippen molar-refractivity contribution in [1.82, 2.24) is 19.7 Å². The molecule has 5 heteroatoms. The second kappa shape index (κ2) is 7.51. The van der Waals surface area contributed by atoms with Gasteiger partial charge in [0.2, 0.25) is 5.91 Å². The van der Waals surface area contributed by atoms with Crippen LogP contribution in [0.3, 0.4) is 0 Å². The molecule has 0 spiro atoms. The van der Waals surface area contributed by atoms with Crippen molar-refractivity contribution >= 4 is 16.8 Å². The summed E-state index contributed by atoms with van der Waals surface area (Å²) >= 11 is 0. The van der Waals surface area contributed by atoms with E-state index >= 15 is 0 Å². The molecule has 0 bridgehead atoms. The van der Waals surface area contributed by atoms with Gasteiger partial charge in [0, 0.05) is 43.9 Å². The SMILES string of the molecule is Cc1cc(-c2cn(C)nc2-c2ccccc2)nc2ccc(CC(=O)N(C)C)cc12. The molecular weight excluding hydrogens is 360 g/mol. The summed E-state index contributed by atoms with van der Waals surface area (Å²) in [6.45, 7) is 2.09. The molecule has 4 rings (SSSR count). The van der Waals surface area contributed by atoms with E-state index in [1.165, 1.54) is 0 Å². The molecule has 0 atom stereocenters. The lowest BCUT2D eigenvalue weighted by molar-refractivity contribution is -0.127. The van der Waals surface area contributed by atoms with Crippen LogP contribution in [0.25, 0.3) is 33.4 Å². The highest BCUT2D eigenvalue weighted by Crippen LogP contribution is 2.32. The van der Waals surface area contributed by atoms with Crippen LogP contribution in [-0.2, 0) is 18.3 Å². The van der Waals surface area contributed by atoms with E-state index in [-0.39, 0.29) is 5.91 Å². The Morgan fingerprint density at radius 3 is 2.55 bits per heavy atom. The normalized spacial score (nSPS) is 11.0. The molecule has 146 valence electrons. The number of rotatable bonds is 4. The Balaban J connectivity index is 1.78. The van der Waals surface area contributed by atoms with E-state index in [9.17, 15) is 4.79 Å². The number of fused-ring (bicyclic) bond motifs is 1. The van der Waals surface area contributed by atoms with Gasteiger partial charge in [0.1, 0.15) is 5.69 Å². The fourth-order valence-corrected chi connectivity index (χ4v) is 3.51. The third kappa shape index (κ3) is 3.76. The number of carbonyl (C=O) groups excluding carboxylic acids is 1. The smallest absolute Gasteiger partial charge is 0.226 e. The van der Waals surface area contributed by atoms with E-state index in [0.717, 1.165) is 44.5 Å². The molecule has 0 unspecified atom stereocenters. The first-order valence-corrected chi connectivity index (χ1v) is 9.62. The molecule has 0 saturated carbocycles. The summed E-state index contributed by atoms with van der Waals surface area (Å²) in [5.41, 5.74) is 6.96. The van der Waals surface area contributed by atoms with Gasteiger partial charge in [-0.05, 0) is 36.2 Å². The summed E-state index contributed by atoms with van der Waals surface area (Å²) in [6.07, 6.45) is 2.41. The Morgan fingerprint density at radius 2 is 1.83 bits per heavy atom. The first-order chi connectivity index (χ1) is 13.9. The second-order valence-electron chi connectivity index (χ2n) is 7.57. The minimum atomic E-state index is 0.0921. The van der Waals surface area contributed by atoms with Crippen molar-refractivity contribution in [2.24, 2.45) is 7.05 Å². The lowest BCUT2D eigenvalue weighted by Crippen LogP contribution is -2.23. The van der Waals surface area contributed by atoms with Crippen molar-refractivity contribution in [3.8, 4) is 22.5 Å². The Morgan fingerprint density at radius 1 is 1.07 bits per heavy atom. The monoisotopic (exact) mass is 384 g/mol. The summed E-state index contributed by atoms with van der Waals surface area (Å²) in [6, 6.07) is 18.3. The van der Waals surface area contributed by atoms with Gasteiger partial charge < -0.3 is 4.90 Å². The fraction of sp³-hybridized carbons (Fsp3) is 0.208. The number of hydrogen-bond acceptors (Lipinski definition) is 3. The zero-order valence-corrected chi connectivity index (χ0v) is 17.2. The topological polar surface area (TPSA) is 51.0 Å². The van der Waals surface area contributed by atoms with Gasteiger partial charge >= 0.3 is 0 Å². The zero-order valence-electron chi connectivity index (χ0n) is 17.2. The van der Waals surface area contributed by atoms with E-state index in [0.29, 0.717) is 6.42 Å². The van der Waals surface area contributed by atoms with Crippen molar-refractivity contribution in [1.29, 1.82) is 0 Å². The Hall–Kier alpha value is -3.47. The number of carbonyl (C=O) groups is 1. The van der Waals surface area contributed by atoms with E-state index in [2.05, 4.69) is 36.3 Å². The third-order valence-electron chi connectivity index (χ3n) is 5.09. The molecule has 0 aliphatic rings. The van der Waals surface area contributed by atoms with Gasteiger partial charge in [0.15, 0.2) is 0 Å². The molecular formula is C24H24N4O. The van der Waals surface area contributed by atoms with Crippen LogP contribution >= 0.6 is 0 Å². The molecule has 0 saturated heterocycles. The Labute approximate surface area is 170 Å². The maximum atomic E-state index is 12.0. The first kappa shape index (κ1) is 18.9. The molecule has 2 aromatic carbocycles. The number of nitrogens with zero attached hydrogens (tertiary/aromatic N) is 4. The van der Waals surface area contributed by atoms with Gasteiger partial charge in [-0.2, -0.15) is 5.10 Å². The van der Waals surface area contributed by atoms with Crippen LogP contribution in [0, 0.1) is 6.92 Å². The van der Waals surface area contributed by atoms with Crippen molar-refractivity contribution in [2.45, 2.75) is 13.3 Å². The largest absolute Gasteiger partial charge is 0.349 e. The number of likely N-dealkylation sites (N-methyl/N-ethyl adjacent to an activating group) is 1. The lowest BCUT2D eigenvalue weighted by Gasteiger charge is -2.12. The van der Waals surface area contributed by atoms with Crippen LogP contribution in [-0.4, -0.2) is 39.7 Å². The minimum absolute atomic E-state index is 0.0921.